The molecule has 6 nitrogen and oxygen atoms in total. The second kappa shape index (κ2) is 5.55. The Bertz CT molecular complexity index is 790. The van der Waals surface area contributed by atoms with E-state index >= 15 is 0 Å². The summed E-state index contributed by atoms with van der Waals surface area (Å²) in [5.74, 6) is 0.951. The second-order valence-electron chi connectivity index (χ2n) is 5.99. The molecular formula is C17H19N5O. The van der Waals surface area contributed by atoms with E-state index in [4.69, 9.17) is 0 Å². The van der Waals surface area contributed by atoms with E-state index in [0.717, 1.165) is 29.8 Å². The number of aromatic amines is 2. The lowest BCUT2D eigenvalue weighted by molar-refractivity contribution is 0.0530. The number of H-pyrrole nitrogens is 2. The maximum Gasteiger partial charge on any atom is 0.270 e. The van der Waals surface area contributed by atoms with Gasteiger partial charge in [-0.15, -0.1) is 0 Å². The lowest BCUT2D eigenvalue weighted by Crippen LogP contribution is -2.49. The van der Waals surface area contributed by atoms with Gasteiger partial charge in [0, 0.05) is 42.9 Å². The van der Waals surface area contributed by atoms with Crippen LogP contribution < -0.4 is 0 Å². The number of hydrogen-bond donors (Lipinski definition) is 2. The fraction of sp³-hybridized carbons (Fsp3) is 0.294. The molecule has 1 amide bonds. The van der Waals surface area contributed by atoms with Crippen molar-refractivity contribution in [3.05, 3.63) is 54.2 Å². The summed E-state index contributed by atoms with van der Waals surface area (Å²) < 4.78 is 0. The van der Waals surface area contributed by atoms with Gasteiger partial charge in [0.05, 0.1) is 6.04 Å². The number of piperazine rings is 1. The molecule has 2 N–H and O–H groups in total. The molecule has 3 aromatic rings. The number of fused-ring (bicyclic) bond motifs is 1. The molecule has 118 valence electrons. The van der Waals surface area contributed by atoms with E-state index in [2.05, 4.69) is 26.9 Å². The van der Waals surface area contributed by atoms with Crippen molar-refractivity contribution in [3.63, 3.8) is 0 Å². The van der Waals surface area contributed by atoms with Crippen LogP contribution in [0.25, 0.3) is 10.9 Å². The third kappa shape index (κ3) is 2.51. The van der Waals surface area contributed by atoms with Crippen molar-refractivity contribution in [1.29, 1.82) is 0 Å². The summed E-state index contributed by atoms with van der Waals surface area (Å²) in [6.45, 7) is 2.19. The van der Waals surface area contributed by atoms with Crippen molar-refractivity contribution in [2.24, 2.45) is 0 Å². The number of nitrogens with one attached hydrogen (secondary N) is 2. The SMILES string of the molecule is CN1CCN(C(=O)c2cc3ccccc3[nH]2)C[C@H]1c1ncc[nH]1. The van der Waals surface area contributed by atoms with Crippen LogP contribution in [0.15, 0.2) is 42.7 Å². The Balaban J connectivity index is 1.58. The molecule has 0 bridgehead atoms. The van der Waals surface area contributed by atoms with Crippen LogP contribution in [-0.2, 0) is 0 Å². The van der Waals surface area contributed by atoms with Crippen molar-refractivity contribution >= 4 is 16.8 Å². The van der Waals surface area contributed by atoms with Gasteiger partial charge in [0.2, 0.25) is 0 Å². The normalized spacial score (nSPS) is 19.3. The quantitative estimate of drug-likeness (QED) is 0.761. The van der Waals surface area contributed by atoms with E-state index in [9.17, 15) is 4.79 Å². The number of benzene rings is 1. The average Bonchev–Trinajstić information content (AvgIpc) is 3.24. The number of aromatic nitrogens is 3. The van der Waals surface area contributed by atoms with E-state index in [-0.39, 0.29) is 11.9 Å². The minimum absolute atomic E-state index is 0.0471. The fourth-order valence-electron chi connectivity index (χ4n) is 3.17. The Labute approximate surface area is 134 Å². The van der Waals surface area contributed by atoms with Crippen LogP contribution in [0.3, 0.4) is 0 Å². The predicted octanol–water partition coefficient (Wildman–Crippen LogP) is 2.02. The minimum atomic E-state index is 0.0471. The Morgan fingerprint density at radius 2 is 2.17 bits per heavy atom. The molecule has 23 heavy (non-hydrogen) atoms. The summed E-state index contributed by atoms with van der Waals surface area (Å²) >= 11 is 0. The zero-order chi connectivity index (χ0) is 15.8. The van der Waals surface area contributed by atoms with Crippen LogP contribution >= 0.6 is 0 Å². The number of para-hydroxylation sites is 1. The van der Waals surface area contributed by atoms with Gasteiger partial charge < -0.3 is 14.9 Å². The van der Waals surface area contributed by atoms with E-state index in [1.54, 1.807) is 6.20 Å². The molecule has 1 atom stereocenters. The Hall–Kier alpha value is -2.60. The summed E-state index contributed by atoms with van der Waals surface area (Å²) in [4.78, 5) is 27.7. The zero-order valence-corrected chi connectivity index (χ0v) is 13.0. The predicted molar refractivity (Wildman–Crippen MR) is 88.2 cm³/mol. The van der Waals surface area contributed by atoms with Gasteiger partial charge in [-0.05, 0) is 19.2 Å². The summed E-state index contributed by atoms with van der Waals surface area (Å²) in [5, 5.41) is 1.06. The van der Waals surface area contributed by atoms with Crippen LogP contribution in [0, 0.1) is 0 Å². The molecule has 2 aromatic heterocycles. The number of rotatable bonds is 2. The number of amides is 1. The van der Waals surface area contributed by atoms with Gasteiger partial charge in [-0.25, -0.2) is 4.98 Å². The molecule has 1 saturated heterocycles. The van der Waals surface area contributed by atoms with Gasteiger partial charge in [0.25, 0.3) is 5.91 Å². The lowest BCUT2D eigenvalue weighted by atomic mass is 10.1. The summed E-state index contributed by atoms with van der Waals surface area (Å²) in [6, 6.07) is 9.98. The second-order valence-corrected chi connectivity index (χ2v) is 5.99. The highest BCUT2D eigenvalue weighted by Gasteiger charge is 2.30. The van der Waals surface area contributed by atoms with Crippen LogP contribution in [0.1, 0.15) is 22.4 Å². The highest BCUT2D eigenvalue weighted by atomic mass is 16.2. The summed E-state index contributed by atoms with van der Waals surface area (Å²) in [6.07, 6.45) is 3.57. The van der Waals surface area contributed by atoms with Gasteiger partial charge in [-0.2, -0.15) is 0 Å². The first-order valence-corrected chi connectivity index (χ1v) is 7.79. The van der Waals surface area contributed by atoms with E-state index in [1.165, 1.54) is 0 Å². The summed E-state index contributed by atoms with van der Waals surface area (Å²) in [5.41, 5.74) is 1.64. The van der Waals surface area contributed by atoms with Crippen LogP contribution in [0.4, 0.5) is 0 Å². The minimum Gasteiger partial charge on any atom is -0.351 e. The molecule has 1 aliphatic heterocycles. The van der Waals surface area contributed by atoms with Crippen molar-refractivity contribution in [1.82, 2.24) is 24.8 Å². The monoisotopic (exact) mass is 309 g/mol. The largest absolute Gasteiger partial charge is 0.351 e. The van der Waals surface area contributed by atoms with Crippen molar-refractivity contribution in [3.8, 4) is 0 Å². The van der Waals surface area contributed by atoms with Crippen LogP contribution in [-0.4, -0.2) is 57.3 Å². The lowest BCUT2D eigenvalue weighted by Gasteiger charge is -2.38. The molecule has 0 radical (unpaired) electrons. The smallest absolute Gasteiger partial charge is 0.270 e. The highest BCUT2D eigenvalue weighted by molar-refractivity contribution is 5.98. The zero-order valence-electron chi connectivity index (χ0n) is 13.0. The maximum atomic E-state index is 12.8. The highest BCUT2D eigenvalue weighted by Crippen LogP contribution is 2.23. The number of carbonyl (C=O) groups is 1. The van der Waals surface area contributed by atoms with Crippen LogP contribution in [0.2, 0.25) is 0 Å². The molecule has 1 fully saturated rings. The molecule has 1 aromatic carbocycles. The Morgan fingerprint density at radius 1 is 1.30 bits per heavy atom. The number of hydrogen-bond acceptors (Lipinski definition) is 3. The van der Waals surface area contributed by atoms with E-state index in [1.807, 2.05) is 41.4 Å². The molecule has 0 spiro atoms. The molecule has 0 unspecified atom stereocenters. The number of nitrogens with zero attached hydrogens (tertiary/aromatic N) is 3. The van der Waals surface area contributed by atoms with E-state index in [0.29, 0.717) is 12.2 Å². The van der Waals surface area contributed by atoms with Gasteiger partial charge in [-0.3, -0.25) is 9.69 Å². The molecule has 3 heterocycles. The van der Waals surface area contributed by atoms with Gasteiger partial charge in [-0.1, -0.05) is 18.2 Å². The van der Waals surface area contributed by atoms with Gasteiger partial charge >= 0.3 is 0 Å². The molecule has 4 rings (SSSR count). The molecule has 6 heteroatoms. The van der Waals surface area contributed by atoms with E-state index < -0.39 is 0 Å². The first-order valence-electron chi connectivity index (χ1n) is 7.79. The first-order chi connectivity index (χ1) is 11.2. The molecular weight excluding hydrogens is 290 g/mol. The van der Waals surface area contributed by atoms with Crippen LogP contribution in [0.5, 0.6) is 0 Å². The maximum absolute atomic E-state index is 12.8. The van der Waals surface area contributed by atoms with Gasteiger partial charge in [0.15, 0.2) is 0 Å². The van der Waals surface area contributed by atoms with Crippen molar-refractivity contribution < 1.29 is 4.79 Å². The Kier molecular flexibility index (Phi) is 3.38. The topological polar surface area (TPSA) is 68.0 Å². The number of likely N-dealkylation sites (N-methyl/N-ethyl adjacent to an activating group) is 1. The number of carbonyl (C=O) groups excluding carboxylic acids is 1. The molecule has 0 aliphatic carbocycles. The molecule has 1 aliphatic rings. The average molecular weight is 309 g/mol. The third-order valence-electron chi connectivity index (χ3n) is 4.53. The van der Waals surface area contributed by atoms with Gasteiger partial charge in [0.1, 0.15) is 11.5 Å². The number of imidazole rings is 1. The Morgan fingerprint density at radius 3 is 2.96 bits per heavy atom. The fourth-order valence-corrected chi connectivity index (χ4v) is 3.17. The first kappa shape index (κ1) is 14.0. The van der Waals surface area contributed by atoms with Crippen molar-refractivity contribution in [2.75, 3.05) is 26.7 Å². The third-order valence-corrected chi connectivity index (χ3v) is 4.53. The molecule has 0 saturated carbocycles. The summed E-state index contributed by atoms with van der Waals surface area (Å²) in [7, 11) is 2.07. The standard InChI is InChI=1S/C17H19N5O/c1-21-8-9-22(11-15(21)16-18-6-7-19-16)17(23)14-10-12-4-2-3-5-13(12)20-14/h2-7,10,15,20H,8-9,11H2,1H3,(H,18,19)/t15-/m0/s1. The van der Waals surface area contributed by atoms with Crippen molar-refractivity contribution in [2.45, 2.75) is 6.04 Å².